The molecule has 0 atom stereocenters. The zero-order valence-electron chi connectivity index (χ0n) is 3.45. The third kappa shape index (κ3) is 6.99. The lowest BCUT2D eigenvalue weighted by Gasteiger charge is -1.83. The molecular formula is C2H3BI2NO. The standard InChI is InChI=1S/C2H3I2NO.B/c3-1-2(6)5-4;/h1H2,(H,5,6);. The van der Waals surface area contributed by atoms with Crippen LogP contribution in [0.3, 0.4) is 0 Å². The van der Waals surface area contributed by atoms with E-state index < -0.39 is 0 Å². The van der Waals surface area contributed by atoms with Crippen molar-refractivity contribution in [3.8, 4) is 0 Å². The Bertz CT molecular complexity index is 53.7. The number of halogens is 2. The lowest BCUT2D eigenvalue weighted by atomic mass is 10.8. The van der Waals surface area contributed by atoms with E-state index in [0.29, 0.717) is 4.43 Å². The number of carbonyl (C=O) groups excluding carboxylic acids is 1. The van der Waals surface area contributed by atoms with Gasteiger partial charge in [0.2, 0.25) is 5.91 Å². The van der Waals surface area contributed by atoms with E-state index in [1.54, 1.807) is 0 Å². The van der Waals surface area contributed by atoms with Crippen molar-refractivity contribution in [3.63, 3.8) is 0 Å². The summed E-state index contributed by atoms with van der Waals surface area (Å²) in [4.78, 5) is 10.1. The minimum absolute atomic E-state index is 0. The summed E-state index contributed by atoms with van der Waals surface area (Å²) in [5, 5.41) is 0. The molecule has 3 radical (unpaired) electrons. The van der Waals surface area contributed by atoms with Crippen LogP contribution >= 0.6 is 45.5 Å². The number of hydrogen-bond donors (Lipinski definition) is 1. The molecule has 0 aromatic heterocycles. The van der Waals surface area contributed by atoms with Gasteiger partial charge in [0.05, 0.1) is 27.3 Å². The summed E-state index contributed by atoms with van der Waals surface area (Å²) in [5.41, 5.74) is 0. The van der Waals surface area contributed by atoms with Crippen molar-refractivity contribution in [2.75, 3.05) is 4.43 Å². The van der Waals surface area contributed by atoms with Gasteiger partial charge in [-0.1, -0.05) is 22.6 Å². The van der Waals surface area contributed by atoms with Gasteiger partial charge in [-0.15, -0.1) is 0 Å². The molecule has 0 unspecified atom stereocenters. The number of amides is 1. The number of nitrogens with one attached hydrogen (secondary N) is 1. The molecule has 0 saturated carbocycles. The third-order valence-corrected chi connectivity index (χ3v) is 1.52. The molecule has 0 aliphatic carbocycles. The van der Waals surface area contributed by atoms with Gasteiger partial charge in [0.15, 0.2) is 0 Å². The highest BCUT2D eigenvalue weighted by atomic mass is 127. The quantitative estimate of drug-likeness (QED) is 0.324. The predicted molar refractivity (Wildman–Crippen MR) is 46.8 cm³/mol. The molecule has 1 amide bonds. The molecule has 0 aliphatic heterocycles. The fourth-order valence-corrected chi connectivity index (χ4v) is 1.14. The average Bonchev–Trinajstić information content (AvgIpc) is 1.65. The van der Waals surface area contributed by atoms with E-state index in [4.69, 9.17) is 0 Å². The van der Waals surface area contributed by atoms with Crippen molar-refractivity contribution in [2.45, 2.75) is 0 Å². The van der Waals surface area contributed by atoms with Crippen molar-refractivity contribution < 1.29 is 4.79 Å². The van der Waals surface area contributed by atoms with Crippen LogP contribution in [-0.2, 0) is 4.79 Å². The van der Waals surface area contributed by atoms with Gasteiger partial charge >= 0.3 is 0 Å². The van der Waals surface area contributed by atoms with Gasteiger partial charge in [-0.25, -0.2) is 0 Å². The summed E-state index contributed by atoms with van der Waals surface area (Å²) in [5.74, 6) is 0.0659. The SMILES string of the molecule is O=C(CI)NI.[B]. The van der Waals surface area contributed by atoms with Crippen LogP contribution in [0.5, 0.6) is 0 Å². The van der Waals surface area contributed by atoms with Crippen LogP contribution in [0.4, 0.5) is 0 Å². The predicted octanol–water partition coefficient (Wildman–Crippen LogP) is 0.507. The molecule has 0 saturated heterocycles. The van der Waals surface area contributed by atoms with Gasteiger partial charge in [0.25, 0.3) is 0 Å². The summed E-state index contributed by atoms with van der Waals surface area (Å²) in [6.45, 7) is 0. The zero-order valence-corrected chi connectivity index (χ0v) is 7.76. The first kappa shape index (κ1) is 10.9. The second kappa shape index (κ2) is 6.99. The van der Waals surface area contributed by atoms with Crippen molar-refractivity contribution >= 4 is 59.8 Å². The first-order valence-electron chi connectivity index (χ1n) is 1.26. The summed E-state index contributed by atoms with van der Waals surface area (Å²) < 4.78 is 2.98. The highest BCUT2D eigenvalue weighted by Gasteiger charge is 1.87. The maximum atomic E-state index is 10.1. The Kier molecular flexibility index (Phi) is 10.9. The fourth-order valence-electron chi connectivity index (χ4n) is 0.0253. The van der Waals surface area contributed by atoms with Crippen LogP contribution < -0.4 is 3.53 Å². The molecule has 0 heterocycles. The fraction of sp³-hybridized carbons (Fsp3) is 0.500. The maximum Gasteiger partial charge on any atom is 0.238 e. The van der Waals surface area contributed by atoms with E-state index in [1.165, 1.54) is 0 Å². The van der Waals surface area contributed by atoms with Gasteiger partial charge in [0, 0.05) is 8.41 Å². The van der Waals surface area contributed by atoms with E-state index >= 15 is 0 Å². The van der Waals surface area contributed by atoms with Gasteiger partial charge < -0.3 is 0 Å². The molecule has 1 N–H and O–H groups in total. The average molecular weight is 322 g/mol. The van der Waals surface area contributed by atoms with Gasteiger partial charge in [0.1, 0.15) is 0 Å². The van der Waals surface area contributed by atoms with Crippen molar-refractivity contribution in [1.82, 2.24) is 3.53 Å². The van der Waals surface area contributed by atoms with E-state index in [-0.39, 0.29) is 14.3 Å². The topological polar surface area (TPSA) is 29.1 Å². The van der Waals surface area contributed by atoms with Gasteiger partial charge in [-0.2, -0.15) is 0 Å². The highest BCUT2D eigenvalue weighted by molar-refractivity contribution is 14.1. The Morgan fingerprint density at radius 2 is 2.14 bits per heavy atom. The first-order valence-corrected chi connectivity index (χ1v) is 3.87. The number of carbonyl (C=O) groups is 1. The molecule has 0 spiro atoms. The molecule has 7 heavy (non-hydrogen) atoms. The molecule has 0 aliphatic rings. The number of alkyl halides is 1. The van der Waals surface area contributed by atoms with Crippen LogP contribution in [-0.4, -0.2) is 18.7 Å². The Labute approximate surface area is 72.0 Å². The highest BCUT2D eigenvalue weighted by Crippen LogP contribution is 1.80. The molecule has 5 heteroatoms. The van der Waals surface area contributed by atoms with Gasteiger partial charge in [-0.05, 0) is 0 Å². The van der Waals surface area contributed by atoms with Crippen LogP contribution in [0.2, 0.25) is 0 Å². The Hall–Kier alpha value is 0.995. The van der Waals surface area contributed by atoms with E-state index in [0.717, 1.165) is 0 Å². The largest absolute Gasteiger partial charge is 0.298 e. The summed E-state index contributed by atoms with van der Waals surface area (Å²) in [7, 11) is 0. The molecule has 0 fully saturated rings. The smallest absolute Gasteiger partial charge is 0.238 e. The summed E-state index contributed by atoms with van der Waals surface area (Å²) >= 11 is 3.81. The minimum atomic E-state index is 0. The third-order valence-electron chi connectivity index (χ3n) is 0.227. The second-order valence-electron chi connectivity index (χ2n) is 0.651. The van der Waals surface area contributed by atoms with Crippen molar-refractivity contribution in [1.29, 1.82) is 0 Å². The lowest BCUT2D eigenvalue weighted by Crippen LogP contribution is -2.11. The van der Waals surface area contributed by atoms with Crippen LogP contribution in [0.1, 0.15) is 0 Å². The molecule has 2 nitrogen and oxygen atoms in total. The molecule has 0 bridgehead atoms. The molecule has 0 rings (SSSR count). The lowest BCUT2D eigenvalue weighted by molar-refractivity contribution is -0.116. The minimum Gasteiger partial charge on any atom is -0.298 e. The summed E-state index contributed by atoms with van der Waals surface area (Å²) in [6, 6.07) is 0. The monoisotopic (exact) mass is 322 g/mol. The Balaban J connectivity index is 0. The maximum absolute atomic E-state index is 10.1. The normalized spacial score (nSPS) is 6.57. The van der Waals surface area contributed by atoms with E-state index in [9.17, 15) is 4.79 Å². The number of rotatable bonds is 1. The molecule has 39 valence electrons. The van der Waals surface area contributed by atoms with Gasteiger partial charge in [-0.3, -0.25) is 8.32 Å². The zero-order chi connectivity index (χ0) is 4.99. The Morgan fingerprint density at radius 1 is 1.71 bits per heavy atom. The first-order chi connectivity index (χ1) is 2.81. The second-order valence-corrected chi connectivity index (χ2v) is 1.95. The van der Waals surface area contributed by atoms with E-state index in [2.05, 4.69) is 3.53 Å². The number of hydrogen-bond acceptors (Lipinski definition) is 1. The van der Waals surface area contributed by atoms with Crippen LogP contribution in [0.15, 0.2) is 0 Å². The van der Waals surface area contributed by atoms with Crippen molar-refractivity contribution in [2.24, 2.45) is 0 Å². The Morgan fingerprint density at radius 3 is 2.14 bits per heavy atom. The molecule has 0 aromatic carbocycles. The van der Waals surface area contributed by atoms with Crippen LogP contribution in [0, 0.1) is 0 Å². The molecular weight excluding hydrogens is 319 g/mol. The van der Waals surface area contributed by atoms with Crippen LogP contribution in [0.25, 0.3) is 0 Å². The van der Waals surface area contributed by atoms with Crippen molar-refractivity contribution in [3.05, 3.63) is 0 Å². The summed E-state index contributed by atoms with van der Waals surface area (Å²) in [6.07, 6.45) is 0. The van der Waals surface area contributed by atoms with E-state index in [1.807, 2.05) is 45.5 Å². The molecule has 0 aromatic rings.